The Morgan fingerprint density at radius 2 is 2.15 bits per heavy atom. The first-order valence-corrected chi connectivity index (χ1v) is 9.01. The number of nitrogens with one attached hydrogen (secondary N) is 1. The largest absolute Gasteiger partial charge is 0.496 e. The molecule has 0 fully saturated rings. The molecular weight excluding hydrogens is 352 g/mol. The van der Waals surface area contributed by atoms with E-state index in [4.69, 9.17) is 9.47 Å². The van der Waals surface area contributed by atoms with E-state index >= 15 is 0 Å². The number of hydrogen-bond acceptors (Lipinski definition) is 6. The first kappa shape index (κ1) is 18.0. The van der Waals surface area contributed by atoms with Crippen molar-refractivity contribution in [1.82, 2.24) is 0 Å². The van der Waals surface area contributed by atoms with Gasteiger partial charge < -0.3 is 14.8 Å². The molecule has 0 atom stereocenters. The van der Waals surface area contributed by atoms with Gasteiger partial charge in [-0.1, -0.05) is 11.6 Å². The third-order valence-corrected chi connectivity index (χ3v) is 5.40. The molecule has 1 aliphatic carbocycles. The quantitative estimate of drug-likeness (QED) is 0.817. The van der Waals surface area contributed by atoms with Crippen LogP contribution in [0.25, 0.3) is 0 Å². The maximum Gasteiger partial charge on any atom is 0.342 e. The topological polar surface area (TPSA) is 88.4 Å². The van der Waals surface area contributed by atoms with Crippen molar-refractivity contribution in [3.63, 3.8) is 0 Å². The van der Waals surface area contributed by atoms with Crippen LogP contribution in [-0.4, -0.2) is 25.6 Å². The Labute approximate surface area is 155 Å². The summed E-state index contributed by atoms with van der Waals surface area (Å²) in [4.78, 5) is 25.5. The lowest BCUT2D eigenvalue weighted by molar-refractivity contribution is -0.119. The predicted octanol–water partition coefficient (Wildman–Crippen LogP) is 3.22. The van der Waals surface area contributed by atoms with E-state index in [-0.39, 0.29) is 5.56 Å². The fourth-order valence-corrected chi connectivity index (χ4v) is 4.22. The second-order valence-electron chi connectivity index (χ2n) is 6.00. The zero-order valence-corrected chi connectivity index (χ0v) is 15.4. The van der Waals surface area contributed by atoms with Gasteiger partial charge in [0.15, 0.2) is 6.61 Å². The van der Waals surface area contributed by atoms with Crippen LogP contribution < -0.4 is 10.1 Å². The van der Waals surface area contributed by atoms with Crippen molar-refractivity contribution in [3.8, 4) is 11.8 Å². The summed E-state index contributed by atoms with van der Waals surface area (Å²) in [6.45, 7) is 1.42. The zero-order chi connectivity index (χ0) is 18.7. The highest BCUT2D eigenvalue weighted by atomic mass is 32.1. The highest BCUT2D eigenvalue weighted by molar-refractivity contribution is 7.16. The molecule has 0 saturated heterocycles. The van der Waals surface area contributed by atoms with Crippen LogP contribution >= 0.6 is 11.3 Å². The molecule has 0 saturated carbocycles. The average Bonchev–Trinajstić information content (AvgIpc) is 3.20. The van der Waals surface area contributed by atoms with Gasteiger partial charge in [-0.05, 0) is 43.9 Å². The van der Waals surface area contributed by atoms with Gasteiger partial charge in [-0.2, -0.15) is 5.26 Å². The first-order valence-electron chi connectivity index (χ1n) is 8.19. The number of carbonyl (C=O) groups excluding carboxylic acids is 2. The van der Waals surface area contributed by atoms with Gasteiger partial charge in [-0.15, -0.1) is 11.3 Å². The molecular formula is C19H18N2O4S. The van der Waals surface area contributed by atoms with E-state index in [1.54, 1.807) is 12.1 Å². The number of benzene rings is 1. The van der Waals surface area contributed by atoms with E-state index < -0.39 is 18.5 Å². The van der Waals surface area contributed by atoms with Crippen molar-refractivity contribution < 1.29 is 19.1 Å². The molecule has 134 valence electrons. The van der Waals surface area contributed by atoms with E-state index in [1.165, 1.54) is 18.4 Å². The molecule has 2 aromatic rings. The van der Waals surface area contributed by atoms with Gasteiger partial charge in [0.25, 0.3) is 5.91 Å². The second kappa shape index (κ2) is 7.58. The minimum absolute atomic E-state index is 0.271. The number of anilines is 1. The first-order chi connectivity index (χ1) is 12.5. The number of hydrogen-bond donors (Lipinski definition) is 1. The normalized spacial score (nSPS) is 12.2. The highest BCUT2D eigenvalue weighted by Gasteiger charge is 2.23. The Hall–Kier alpha value is -2.85. The third-order valence-electron chi connectivity index (χ3n) is 4.20. The summed E-state index contributed by atoms with van der Waals surface area (Å²) >= 11 is 1.43. The molecule has 1 amide bonds. The smallest absolute Gasteiger partial charge is 0.342 e. The molecule has 1 heterocycles. The van der Waals surface area contributed by atoms with E-state index in [9.17, 15) is 14.9 Å². The summed E-state index contributed by atoms with van der Waals surface area (Å²) in [6, 6.07) is 7.31. The van der Waals surface area contributed by atoms with Crippen molar-refractivity contribution in [1.29, 1.82) is 5.26 Å². The number of methoxy groups -OCH3 is 1. The fraction of sp³-hybridized carbons (Fsp3) is 0.316. The molecule has 3 rings (SSSR count). The molecule has 7 heteroatoms. The Bertz CT molecular complexity index is 911. The number of nitriles is 1. The standard InChI is InChI=1S/C19H18N2O4S/c1-11-6-7-15(24-2)13(8-11)19(23)25-10-17(22)21-18-14(9-20)12-4-3-5-16(12)26-18/h6-8H,3-5,10H2,1-2H3,(H,21,22). The number of amides is 1. The van der Waals surface area contributed by atoms with Crippen LogP contribution in [0.4, 0.5) is 5.00 Å². The minimum Gasteiger partial charge on any atom is -0.496 e. The highest BCUT2D eigenvalue weighted by Crippen LogP contribution is 2.38. The van der Waals surface area contributed by atoms with Gasteiger partial charge in [0.05, 0.1) is 12.7 Å². The molecule has 0 aliphatic heterocycles. The van der Waals surface area contributed by atoms with E-state index in [0.717, 1.165) is 35.3 Å². The molecule has 1 aromatic carbocycles. The van der Waals surface area contributed by atoms with Crippen molar-refractivity contribution in [2.24, 2.45) is 0 Å². The summed E-state index contributed by atoms with van der Waals surface area (Å²) in [5.41, 5.74) is 2.72. The molecule has 1 aromatic heterocycles. The van der Waals surface area contributed by atoms with Crippen LogP contribution in [0.15, 0.2) is 18.2 Å². The number of ether oxygens (including phenoxy) is 2. The van der Waals surface area contributed by atoms with Crippen LogP contribution in [0.3, 0.4) is 0 Å². The maximum absolute atomic E-state index is 12.2. The van der Waals surface area contributed by atoms with Gasteiger partial charge in [0, 0.05) is 4.88 Å². The Balaban J connectivity index is 1.64. The molecule has 0 unspecified atom stereocenters. The van der Waals surface area contributed by atoms with Gasteiger partial charge in [-0.3, -0.25) is 4.79 Å². The summed E-state index contributed by atoms with van der Waals surface area (Å²) in [6.07, 6.45) is 2.85. The number of fused-ring (bicyclic) bond motifs is 1. The lowest BCUT2D eigenvalue weighted by atomic mass is 10.1. The van der Waals surface area contributed by atoms with Crippen LogP contribution in [0.2, 0.25) is 0 Å². The molecule has 1 aliphatic rings. The van der Waals surface area contributed by atoms with Gasteiger partial charge in [-0.25, -0.2) is 4.79 Å². The van der Waals surface area contributed by atoms with Crippen LogP contribution in [0.1, 0.15) is 38.3 Å². The summed E-state index contributed by atoms with van der Waals surface area (Å²) in [5.74, 6) is -0.710. The minimum atomic E-state index is -0.630. The molecule has 0 radical (unpaired) electrons. The van der Waals surface area contributed by atoms with E-state index in [2.05, 4.69) is 11.4 Å². The predicted molar refractivity (Wildman–Crippen MR) is 97.7 cm³/mol. The fourth-order valence-electron chi connectivity index (χ4n) is 2.96. The second-order valence-corrected chi connectivity index (χ2v) is 7.11. The van der Waals surface area contributed by atoms with E-state index in [1.807, 2.05) is 13.0 Å². The summed E-state index contributed by atoms with van der Waals surface area (Å²) in [7, 11) is 1.47. The Morgan fingerprint density at radius 3 is 2.88 bits per heavy atom. The monoisotopic (exact) mass is 370 g/mol. The van der Waals surface area contributed by atoms with Gasteiger partial charge >= 0.3 is 5.97 Å². The van der Waals surface area contributed by atoms with Crippen molar-refractivity contribution >= 4 is 28.2 Å². The van der Waals surface area contributed by atoms with Crippen molar-refractivity contribution in [3.05, 3.63) is 45.3 Å². The molecule has 0 spiro atoms. The zero-order valence-electron chi connectivity index (χ0n) is 14.5. The SMILES string of the molecule is COc1ccc(C)cc1C(=O)OCC(=O)Nc1sc2c(c1C#N)CCC2. The van der Waals surface area contributed by atoms with Crippen LogP contribution in [0, 0.1) is 18.3 Å². The lowest BCUT2D eigenvalue weighted by Crippen LogP contribution is -2.21. The number of rotatable bonds is 5. The Kier molecular flexibility index (Phi) is 5.24. The molecule has 26 heavy (non-hydrogen) atoms. The third kappa shape index (κ3) is 3.55. The molecule has 6 nitrogen and oxygen atoms in total. The summed E-state index contributed by atoms with van der Waals surface area (Å²) < 4.78 is 10.3. The molecule has 0 bridgehead atoms. The van der Waals surface area contributed by atoms with Crippen LogP contribution in [0.5, 0.6) is 5.75 Å². The number of thiophene rings is 1. The number of aryl methyl sites for hydroxylation is 2. The van der Waals surface area contributed by atoms with Crippen molar-refractivity contribution in [2.75, 3.05) is 19.0 Å². The summed E-state index contributed by atoms with van der Waals surface area (Å²) in [5, 5.41) is 12.6. The van der Waals surface area contributed by atoms with Crippen LogP contribution in [-0.2, 0) is 22.4 Å². The molecule has 1 N–H and O–H groups in total. The average molecular weight is 370 g/mol. The number of esters is 1. The number of nitrogens with zero attached hydrogens (tertiary/aromatic N) is 1. The maximum atomic E-state index is 12.2. The Morgan fingerprint density at radius 1 is 1.35 bits per heavy atom. The van der Waals surface area contributed by atoms with Gasteiger partial charge in [0.1, 0.15) is 22.4 Å². The van der Waals surface area contributed by atoms with Gasteiger partial charge in [0.2, 0.25) is 0 Å². The lowest BCUT2D eigenvalue weighted by Gasteiger charge is -2.09. The van der Waals surface area contributed by atoms with Crippen molar-refractivity contribution in [2.45, 2.75) is 26.2 Å². The number of carbonyl (C=O) groups is 2. The van der Waals surface area contributed by atoms with E-state index in [0.29, 0.717) is 16.3 Å².